The van der Waals surface area contributed by atoms with Crippen molar-refractivity contribution >= 4 is 0 Å². The molecule has 0 bridgehead atoms. The standard InChI is InChI=1S/C15H17N3/c1-18-10-2-3-15(18)14-11-17-9-6-13(14)12-4-7-16-8-5-12/h4-9,11,15H,2-3,10H2,1H3/t15-/m0/s1. The van der Waals surface area contributed by atoms with Crippen LogP contribution in [0.4, 0.5) is 0 Å². The molecule has 18 heavy (non-hydrogen) atoms. The zero-order valence-electron chi connectivity index (χ0n) is 10.6. The van der Waals surface area contributed by atoms with Crippen molar-refractivity contribution in [2.75, 3.05) is 13.6 Å². The van der Waals surface area contributed by atoms with Gasteiger partial charge in [0.2, 0.25) is 0 Å². The molecule has 0 N–H and O–H groups in total. The number of rotatable bonds is 2. The van der Waals surface area contributed by atoms with Crippen LogP contribution in [0.15, 0.2) is 43.0 Å². The monoisotopic (exact) mass is 239 g/mol. The van der Waals surface area contributed by atoms with Crippen LogP contribution in [0.5, 0.6) is 0 Å². The highest BCUT2D eigenvalue weighted by Gasteiger charge is 2.25. The molecule has 1 saturated heterocycles. The third-order valence-corrected chi connectivity index (χ3v) is 3.72. The number of pyridine rings is 2. The van der Waals surface area contributed by atoms with Gasteiger partial charge in [0.25, 0.3) is 0 Å². The molecule has 3 heterocycles. The second kappa shape index (κ2) is 4.86. The van der Waals surface area contributed by atoms with Crippen molar-refractivity contribution in [3.05, 3.63) is 48.5 Å². The lowest BCUT2D eigenvalue weighted by molar-refractivity contribution is 0.317. The van der Waals surface area contributed by atoms with E-state index in [0.717, 1.165) is 0 Å². The van der Waals surface area contributed by atoms with E-state index in [1.807, 2.05) is 24.8 Å². The Labute approximate surface area is 108 Å². The maximum absolute atomic E-state index is 4.31. The Morgan fingerprint density at radius 2 is 1.89 bits per heavy atom. The number of hydrogen-bond acceptors (Lipinski definition) is 3. The quantitative estimate of drug-likeness (QED) is 0.807. The predicted octanol–water partition coefficient (Wildman–Crippen LogP) is 2.91. The van der Waals surface area contributed by atoms with Gasteiger partial charge in [0, 0.05) is 30.8 Å². The van der Waals surface area contributed by atoms with E-state index < -0.39 is 0 Å². The highest BCUT2D eigenvalue weighted by atomic mass is 15.1. The lowest BCUT2D eigenvalue weighted by Crippen LogP contribution is -2.18. The first kappa shape index (κ1) is 11.4. The molecule has 1 atom stereocenters. The summed E-state index contributed by atoms with van der Waals surface area (Å²) in [4.78, 5) is 10.8. The Bertz CT molecular complexity index is 524. The van der Waals surface area contributed by atoms with Crippen LogP contribution in [0, 0.1) is 0 Å². The van der Waals surface area contributed by atoms with Gasteiger partial charge in [-0.25, -0.2) is 0 Å². The van der Waals surface area contributed by atoms with Crippen LogP contribution in [0.2, 0.25) is 0 Å². The Balaban J connectivity index is 2.05. The van der Waals surface area contributed by atoms with Gasteiger partial charge in [0.05, 0.1) is 0 Å². The largest absolute Gasteiger partial charge is 0.299 e. The summed E-state index contributed by atoms with van der Waals surface area (Å²) in [5.74, 6) is 0. The fourth-order valence-corrected chi connectivity index (χ4v) is 2.77. The van der Waals surface area contributed by atoms with E-state index in [1.165, 1.54) is 36.1 Å². The predicted molar refractivity (Wildman–Crippen MR) is 72.1 cm³/mol. The van der Waals surface area contributed by atoms with Crippen molar-refractivity contribution < 1.29 is 0 Å². The minimum absolute atomic E-state index is 0.502. The van der Waals surface area contributed by atoms with E-state index in [9.17, 15) is 0 Å². The summed E-state index contributed by atoms with van der Waals surface area (Å²) in [6, 6.07) is 6.74. The summed E-state index contributed by atoms with van der Waals surface area (Å²) in [5, 5.41) is 0. The molecule has 1 aliphatic rings. The molecule has 2 aromatic rings. The zero-order chi connectivity index (χ0) is 12.4. The van der Waals surface area contributed by atoms with E-state index in [0.29, 0.717) is 6.04 Å². The minimum atomic E-state index is 0.502. The van der Waals surface area contributed by atoms with Gasteiger partial charge in [-0.2, -0.15) is 0 Å². The van der Waals surface area contributed by atoms with Crippen LogP contribution in [0.3, 0.4) is 0 Å². The molecule has 0 aliphatic carbocycles. The highest BCUT2D eigenvalue weighted by Crippen LogP contribution is 2.35. The molecule has 3 rings (SSSR count). The maximum atomic E-state index is 4.31. The van der Waals surface area contributed by atoms with Crippen LogP contribution in [-0.4, -0.2) is 28.5 Å². The van der Waals surface area contributed by atoms with Crippen molar-refractivity contribution in [3.63, 3.8) is 0 Å². The average Bonchev–Trinajstić information content (AvgIpc) is 2.86. The summed E-state index contributed by atoms with van der Waals surface area (Å²) in [6.45, 7) is 1.18. The number of nitrogens with zero attached hydrogens (tertiary/aromatic N) is 3. The van der Waals surface area contributed by atoms with Gasteiger partial charge in [-0.1, -0.05) is 0 Å². The van der Waals surface area contributed by atoms with Crippen molar-refractivity contribution in [2.24, 2.45) is 0 Å². The molecule has 1 aliphatic heterocycles. The van der Waals surface area contributed by atoms with Crippen LogP contribution >= 0.6 is 0 Å². The maximum Gasteiger partial charge on any atom is 0.0366 e. The molecule has 0 saturated carbocycles. The van der Waals surface area contributed by atoms with Crippen molar-refractivity contribution in [2.45, 2.75) is 18.9 Å². The van der Waals surface area contributed by atoms with Crippen molar-refractivity contribution in [3.8, 4) is 11.1 Å². The molecule has 0 amide bonds. The molecule has 2 aromatic heterocycles. The van der Waals surface area contributed by atoms with Crippen molar-refractivity contribution in [1.82, 2.24) is 14.9 Å². The Morgan fingerprint density at radius 3 is 2.61 bits per heavy atom. The number of likely N-dealkylation sites (tertiary alicyclic amines) is 1. The van der Waals surface area contributed by atoms with Gasteiger partial charge in [0.1, 0.15) is 0 Å². The molecular weight excluding hydrogens is 222 g/mol. The first-order valence-electron chi connectivity index (χ1n) is 6.41. The van der Waals surface area contributed by atoms with E-state index >= 15 is 0 Å². The first-order valence-corrected chi connectivity index (χ1v) is 6.41. The molecular formula is C15H17N3. The molecule has 1 fully saturated rings. The minimum Gasteiger partial charge on any atom is -0.299 e. The van der Waals surface area contributed by atoms with Crippen LogP contribution in [0.1, 0.15) is 24.4 Å². The summed E-state index contributed by atoms with van der Waals surface area (Å²) >= 11 is 0. The van der Waals surface area contributed by atoms with Gasteiger partial charge < -0.3 is 0 Å². The first-order chi connectivity index (χ1) is 8.86. The topological polar surface area (TPSA) is 29.0 Å². The lowest BCUT2D eigenvalue weighted by atomic mass is 9.96. The van der Waals surface area contributed by atoms with E-state index in [2.05, 4.69) is 40.1 Å². The molecule has 92 valence electrons. The average molecular weight is 239 g/mol. The number of aromatic nitrogens is 2. The zero-order valence-corrected chi connectivity index (χ0v) is 10.6. The van der Waals surface area contributed by atoms with E-state index in [-0.39, 0.29) is 0 Å². The molecule has 0 radical (unpaired) electrons. The van der Waals surface area contributed by atoms with Gasteiger partial charge >= 0.3 is 0 Å². The molecule has 0 spiro atoms. The second-order valence-electron chi connectivity index (χ2n) is 4.84. The van der Waals surface area contributed by atoms with Gasteiger partial charge in [-0.3, -0.25) is 14.9 Å². The Kier molecular flexibility index (Phi) is 3.07. The fraction of sp³-hybridized carbons (Fsp3) is 0.333. The fourth-order valence-electron chi connectivity index (χ4n) is 2.77. The summed E-state index contributed by atoms with van der Waals surface area (Å²) in [7, 11) is 2.20. The van der Waals surface area contributed by atoms with Gasteiger partial charge in [-0.05, 0) is 61.3 Å². The summed E-state index contributed by atoms with van der Waals surface area (Å²) in [6.07, 6.45) is 10.1. The smallest absolute Gasteiger partial charge is 0.0366 e. The normalized spacial score (nSPS) is 20.2. The van der Waals surface area contributed by atoms with E-state index in [4.69, 9.17) is 0 Å². The van der Waals surface area contributed by atoms with Gasteiger partial charge in [0.15, 0.2) is 0 Å². The Morgan fingerprint density at radius 1 is 1.11 bits per heavy atom. The van der Waals surface area contributed by atoms with Crippen molar-refractivity contribution in [1.29, 1.82) is 0 Å². The molecule has 3 nitrogen and oxygen atoms in total. The molecule has 0 unspecified atom stereocenters. The third-order valence-electron chi connectivity index (χ3n) is 3.72. The second-order valence-corrected chi connectivity index (χ2v) is 4.84. The third kappa shape index (κ3) is 2.02. The van der Waals surface area contributed by atoms with Crippen LogP contribution < -0.4 is 0 Å². The highest BCUT2D eigenvalue weighted by molar-refractivity contribution is 5.66. The molecule has 3 heteroatoms. The van der Waals surface area contributed by atoms with Gasteiger partial charge in [-0.15, -0.1) is 0 Å². The molecule has 0 aromatic carbocycles. The SMILES string of the molecule is CN1CCC[C@H]1c1cnccc1-c1ccncc1. The van der Waals surface area contributed by atoms with Crippen LogP contribution in [0.25, 0.3) is 11.1 Å². The summed E-state index contributed by atoms with van der Waals surface area (Å²) < 4.78 is 0. The van der Waals surface area contributed by atoms with E-state index in [1.54, 1.807) is 0 Å². The summed E-state index contributed by atoms with van der Waals surface area (Å²) in [5.41, 5.74) is 3.84. The van der Waals surface area contributed by atoms with Crippen LogP contribution in [-0.2, 0) is 0 Å². The lowest BCUT2D eigenvalue weighted by Gasteiger charge is -2.22. The Hall–Kier alpha value is -1.74. The number of hydrogen-bond donors (Lipinski definition) is 0.